The van der Waals surface area contributed by atoms with E-state index >= 15 is 0 Å². The van der Waals surface area contributed by atoms with Crippen LogP contribution in [0.25, 0.3) is 5.76 Å². The lowest BCUT2D eigenvalue weighted by atomic mass is 9.95. The molecule has 1 unspecified atom stereocenters. The Labute approximate surface area is 208 Å². The molecular formula is C25H17FN4O3S2. The average Bonchev–Trinajstić information content (AvgIpc) is 3.46. The van der Waals surface area contributed by atoms with Crippen LogP contribution >= 0.6 is 23.1 Å². The first kappa shape index (κ1) is 22.9. The second kappa shape index (κ2) is 9.77. The van der Waals surface area contributed by atoms with Crippen LogP contribution in [-0.2, 0) is 15.3 Å². The minimum absolute atomic E-state index is 0.110. The maximum absolute atomic E-state index is 13.7. The van der Waals surface area contributed by atoms with Gasteiger partial charge in [0.1, 0.15) is 11.6 Å². The van der Waals surface area contributed by atoms with Gasteiger partial charge in [0, 0.05) is 23.7 Å². The van der Waals surface area contributed by atoms with Crippen LogP contribution in [0.4, 0.5) is 9.52 Å². The lowest BCUT2D eigenvalue weighted by molar-refractivity contribution is -0.132. The second-order valence-corrected chi connectivity index (χ2v) is 9.76. The van der Waals surface area contributed by atoms with Gasteiger partial charge in [-0.15, -0.1) is 10.2 Å². The van der Waals surface area contributed by atoms with Crippen LogP contribution in [0.3, 0.4) is 0 Å². The summed E-state index contributed by atoms with van der Waals surface area (Å²) in [5, 5.41) is 19.6. The molecule has 5 rings (SSSR count). The average molecular weight is 505 g/mol. The quantitative estimate of drug-likeness (QED) is 0.130. The van der Waals surface area contributed by atoms with E-state index in [2.05, 4.69) is 15.2 Å². The number of hydrogen-bond donors (Lipinski definition) is 1. The van der Waals surface area contributed by atoms with Gasteiger partial charge in [0.25, 0.3) is 5.78 Å². The normalized spacial score (nSPS) is 17.2. The van der Waals surface area contributed by atoms with Gasteiger partial charge in [-0.1, -0.05) is 65.6 Å². The summed E-state index contributed by atoms with van der Waals surface area (Å²) in [6.45, 7) is 0. The zero-order valence-corrected chi connectivity index (χ0v) is 19.7. The van der Waals surface area contributed by atoms with Crippen molar-refractivity contribution in [2.75, 3.05) is 4.90 Å². The predicted octanol–water partition coefficient (Wildman–Crippen LogP) is 4.99. The predicted molar refractivity (Wildman–Crippen MR) is 131 cm³/mol. The third-order valence-electron chi connectivity index (χ3n) is 5.39. The van der Waals surface area contributed by atoms with Gasteiger partial charge in [-0.3, -0.25) is 19.5 Å². The van der Waals surface area contributed by atoms with E-state index in [4.69, 9.17) is 0 Å². The van der Waals surface area contributed by atoms with Crippen LogP contribution in [0, 0.1) is 5.82 Å². The highest BCUT2D eigenvalue weighted by atomic mass is 32.2. The highest BCUT2D eigenvalue weighted by Crippen LogP contribution is 2.44. The number of Topliss-reactive ketones (excluding diaryl/α,β-unsaturated/α-hetero) is 1. The molecule has 1 fully saturated rings. The SMILES string of the molecule is O=C1C(=O)N(c2nnc(SCc3ccccc3)s2)C(c2ccc(F)cc2)C1=C(O)c1ccncc1. The molecule has 1 N–H and O–H groups in total. The van der Waals surface area contributed by atoms with Gasteiger partial charge in [0.15, 0.2) is 4.34 Å². The Morgan fingerprint density at radius 1 is 1.00 bits per heavy atom. The lowest BCUT2D eigenvalue weighted by Gasteiger charge is -2.22. The number of hydrogen-bond acceptors (Lipinski definition) is 8. The largest absolute Gasteiger partial charge is 0.507 e. The fraction of sp³-hybridized carbons (Fsp3) is 0.0800. The van der Waals surface area contributed by atoms with E-state index in [9.17, 15) is 19.1 Å². The summed E-state index contributed by atoms with van der Waals surface area (Å²) in [7, 11) is 0. The minimum atomic E-state index is -0.997. The first-order valence-electron chi connectivity index (χ1n) is 10.5. The molecule has 7 nitrogen and oxygen atoms in total. The summed E-state index contributed by atoms with van der Waals surface area (Å²) in [6.07, 6.45) is 2.94. The summed E-state index contributed by atoms with van der Waals surface area (Å²) in [5.74, 6) is -1.84. The van der Waals surface area contributed by atoms with Crippen molar-refractivity contribution in [2.45, 2.75) is 16.1 Å². The summed E-state index contributed by atoms with van der Waals surface area (Å²) < 4.78 is 14.3. The zero-order chi connectivity index (χ0) is 24.4. The Morgan fingerprint density at radius 3 is 2.43 bits per heavy atom. The van der Waals surface area contributed by atoms with E-state index in [1.165, 1.54) is 76.8 Å². The number of nitrogens with zero attached hydrogens (tertiary/aromatic N) is 4. The fourth-order valence-electron chi connectivity index (χ4n) is 3.73. The number of carbonyl (C=O) groups excluding carboxylic acids is 2. The summed E-state index contributed by atoms with van der Waals surface area (Å²) in [5.41, 5.74) is 1.79. The molecule has 1 amide bonds. The number of carbonyl (C=O) groups is 2. The highest BCUT2D eigenvalue weighted by Gasteiger charge is 2.48. The van der Waals surface area contributed by atoms with Crippen molar-refractivity contribution in [1.29, 1.82) is 0 Å². The Kier molecular flexibility index (Phi) is 6.39. The molecule has 1 atom stereocenters. The van der Waals surface area contributed by atoms with E-state index in [0.717, 1.165) is 5.56 Å². The van der Waals surface area contributed by atoms with Crippen LogP contribution in [0.2, 0.25) is 0 Å². The van der Waals surface area contributed by atoms with Gasteiger partial charge in [0.05, 0.1) is 11.6 Å². The molecule has 0 bridgehead atoms. The van der Waals surface area contributed by atoms with Crippen molar-refractivity contribution in [3.8, 4) is 0 Å². The van der Waals surface area contributed by atoms with E-state index < -0.39 is 23.5 Å². The third-order valence-corrected chi connectivity index (χ3v) is 7.52. The number of anilines is 1. The molecule has 2 aromatic heterocycles. The first-order chi connectivity index (χ1) is 17.0. The van der Waals surface area contributed by atoms with Crippen LogP contribution in [-0.4, -0.2) is 32.0 Å². The number of pyridine rings is 1. The van der Waals surface area contributed by atoms with Gasteiger partial charge in [0.2, 0.25) is 5.13 Å². The van der Waals surface area contributed by atoms with Gasteiger partial charge in [-0.05, 0) is 35.4 Å². The van der Waals surface area contributed by atoms with Crippen molar-refractivity contribution in [3.05, 3.63) is 107 Å². The molecule has 0 aliphatic carbocycles. The molecule has 0 radical (unpaired) electrons. The van der Waals surface area contributed by atoms with Crippen molar-refractivity contribution in [2.24, 2.45) is 0 Å². The number of benzene rings is 2. The fourth-order valence-corrected chi connectivity index (χ4v) is 5.56. The molecule has 3 heterocycles. The van der Waals surface area contributed by atoms with Crippen LogP contribution in [0.1, 0.15) is 22.7 Å². The van der Waals surface area contributed by atoms with Crippen LogP contribution < -0.4 is 4.90 Å². The number of ketones is 1. The Balaban J connectivity index is 1.54. The van der Waals surface area contributed by atoms with E-state index in [0.29, 0.717) is 21.2 Å². The number of aliphatic hydroxyl groups is 1. The smallest absolute Gasteiger partial charge is 0.301 e. The standard InChI is InChI=1S/C25H17FN4O3S2/c26-18-8-6-16(7-9-18)20-19(21(31)17-10-12-27-13-11-17)22(32)23(33)30(20)24-28-29-25(35-24)34-14-15-4-2-1-3-5-15/h1-13,20,31H,14H2. The van der Waals surface area contributed by atoms with Crippen LogP contribution in [0.15, 0.2) is 89.0 Å². The van der Waals surface area contributed by atoms with Gasteiger partial charge in [-0.2, -0.15) is 0 Å². The Bertz CT molecular complexity index is 1410. The topological polar surface area (TPSA) is 96.3 Å². The second-order valence-electron chi connectivity index (χ2n) is 7.58. The van der Waals surface area contributed by atoms with Crippen molar-refractivity contribution < 1.29 is 19.1 Å². The molecule has 2 aromatic carbocycles. The lowest BCUT2D eigenvalue weighted by Crippen LogP contribution is -2.29. The van der Waals surface area contributed by atoms with Gasteiger partial charge < -0.3 is 5.11 Å². The number of halogens is 1. The molecule has 0 saturated carbocycles. The molecule has 1 aliphatic rings. The van der Waals surface area contributed by atoms with E-state index in [-0.39, 0.29) is 16.5 Å². The molecule has 174 valence electrons. The molecular weight excluding hydrogens is 487 g/mol. The first-order valence-corrected chi connectivity index (χ1v) is 12.3. The molecule has 4 aromatic rings. The molecule has 1 saturated heterocycles. The summed E-state index contributed by atoms with van der Waals surface area (Å²) in [4.78, 5) is 31.4. The monoisotopic (exact) mass is 504 g/mol. The molecule has 0 spiro atoms. The van der Waals surface area contributed by atoms with Crippen molar-refractivity contribution >= 4 is 45.7 Å². The molecule has 35 heavy (non-hydrogen) atoms. The van der Waals surface area contributed by atoms with Crippen LogP contribution in [0.5, 0.6) is 0 Å². The maximum Gasteiger partial charge on any atom is 0.301 e. The summed E-state index contributed by atoms with van der Waals surface area (Å²) in [6, 6.07) is 17.4. The number of thioether (sulfide) groups is 1. The molecule has 1 aliphatic heterocycles. The van der Waals surface area contributed by atoms with E-state index in [1.807, 2.05) is 30.3 Å². The zero-order valence-electron chi connectivity index (χ0n) is 18.0. The van der Waals surface area contributed by atoms with Gasteiger partial charge >= 0.3 is 5.91 Å². The number of aliphatic hydroxyl groups excluding tert-OH is 1. The molecule has 10 heteroatoms. The third kappa shape index (κ3) is 4.58. The Morgan fingerprint density at radius 2 is 1.71 bits per heavy atom. The van der Waals surface area contributed by atoms with Crippen molar-refractivity contribution in [1.82, 2.24) is 15.2 Å². The van der Waals surface area contributed by atoms with E-state index in [1.54, 1.807) is 0 Å². The minimum Gasteiger partial charge on any atom is -0.507 e. The number of aromatic nitrogens is 3. The Hall–Kier alpha value is -3.89. The highest BCUT2D eigenvalue weighted by molar-refractivity contribution is 8.00. The maximum atomic E-state index is 13.7. The van der Waals surface area contributed by atoms with Crippen molar-refractivity contribution in [3.63, 3.8) is 0 Å². The number of amides is 1. The van der Waals surface area contributed by atoms with Gasteiger partial charge in [-0.25, -0.2) is 4.39 Å². The number of rotatable bonds is 6. The summed E-state index contributed by atoms with van der Waals surface area (Å²) >= 11 is 2.63.